The molecule has 1 aromatic rings. The molecule has 2 rings (SSSR count). The van der Waals surface area contributed by atoms with Crippen molar-refractivity contribution in [1.82, 2.24) is 10.2 Å². The maximum Gasteiger partial charge on any atom is 0.328 e. The summed E-state index contributed by atoms with van der Waals surface area (Å²) >= 11 is 6.24. The van der Waals surface area contributed by atoms with E-state index in [0.29, 0.717) is 41.8 Å². The molecule has 0 aromatic heterocycles. The SMILES string of the molecule is CCOc1cc(/C=C2/NC(=O)N(CC)C2=O)cc(Cl)c1OCC. The van der Waals surface area contributed by atoms with E-state index in [2.05, 4.69) is 5.32 Å². The predicted molar refractivity (Wildman–Crippen MR) is 87.7 cm³/mol. The molecule has 0 radical (unpaired) electrons. The molecule has 0 unspecified atom stereocenters. The van der Waals surface area contributed by atoms with Crippen molar-refractivity contribution in [2.45, 2.75) is 20.8 Å². The van der Waals surface area contributed by atoms with Crippen LogP contribution in [0.2, 0.25) is 5.02 Å². The monoisotopic (exact) mass is 338 g/mol. The third-order valence-corrected chi connectivity index (χ3v) is 3.49. The molecule has 1 fully saturated rings. The fourth-order valence-corrected chi connectivity index (χ4v) is 2.52. The second kappa shape index (κ2) is 7.37. The van der Waals surface area contributed by atoms with Gasteiger partial charge in [0.2, 0.25) is 0 Å². The summed E-state index contributed by atoms with van der Waals surface area (Å²) in [5.74, 6) is 0.605. The van der Waals surface area contributed by atoms with Crippen molar-refractivity contribution < 1.29 is 19.1 Å². The Labute approximate surface area is 140 Å². The molecule has 1 aliphatic heterocycles. The van der Waals surface area contributed by atoms with E-state index in [1.165, 1.54) is 0 Å². The van der Waals surface area contributed by atoms with Gasteiger partial charge in [-0.05, 0) is 44.5 Å². The molecule has 124 valence electrons. The molecule has 0 spiro atoms. The number of rotatable bonds is 6. The second-order valence-corrected chi connectivity index (χ2v) is 5.14. The number of imide groups is 1. The van der Waals surface area contributed by atoms with Crippen LogP contribution in [0, 0.1) is 0 Å². The number of likely N-dealkylation sites (N-methyl/N-ethyl adjacent to an activating group) is 1. The summed E-state index contributed by atoms with van der Waals surface area (Å²) in [6.07, 6.45) is 1.57. The molecule has 1 aromatic carbocycles. The van der Waals surface area contributed by atoms with E-state index in [9.17, 15) is 9.59 Å². The van der Waals surface area contributed by atoms with E-state index in [4.69, 9.17) is 21.1 Å². The molecule has 1 aliphatic rings. The van der Waals surface area contributed by atoms with Crippen molar-refractivity contribution >= 4 is 29.6 Å². The minimum absolute atomic E-state index is 0.208. The average molecular weight is 339 g/mol. The highest BCUT2D eigenvalue weighted by Crippen LogP contribution is 2.37. The van der Waals surface area contributed by atoms with Gasteiger partial charge in [0.05, 0.1) is 18.2 Å². The van der Waals surface area contributed by atoms with Crippen LogP contribution in [0.1, 0.15) is 26.3 Å². The van der Waals surface area contributed by atoms with Crippen LogP contribution in [-0.2, 0) is 4.79 Å². The molecule has 1 heterocycles. The van der Waals surface area contributed by atoms with Gasteiger partial charge < -0.3 is 14.8 Å². The number of hydrogen-bond acceptors (Lipinski definition) is 4. The quantitative estimate of drug-likeness (QED) is 0.639. The smallest absolute Gasteiger partial charge is 0.328 e. The summed E-state index contributed by atoms with van der Waals surface area (Å²) in [4.78, 5) is 24.9. The number of carbonyl (C=O) groups is 2. The largest absolute Gasteiger partial charge is 0.490 e. The number of halogens is 1. The van der Waals surface area contributed by atoms with Gasteiger partial charge in [-0.2, -0.15) is 0 Å². The Morgan fingerprint density at radius 3 is 2.43 bits per heavy atom. The highest BCUT2D eigenvalue weighted by molar-refractivity contribution is 6.32. The summed E-state index contributed by atoms with van der Waals surface area (Å²) in [7, 11) is 0. The normalized spacial score (nSPS) is 16.0. The van der Waals surface area contributed by atoms with Gasteiger partial charge in [0.15, 0.2) is 11.5 Å². The van der Waals surface area contributed by atoms with E-state index < -0.39 is 6.03 Å². The third-order valence-electron chi connectivity index (χ3n) is 3.21. The first kappa shape index (κ1) is 17.1. The standard InChI is InChI=1S/C16H19ClN2O4/c1-4-19-15(20)12(18-16(19)21)8-10-7-11(17)14(23-6-3)13(9-10)22-5-2/h7-9H,4-6H2,1-3H3,(H,18,21)/b12-8+. The highest BCUT2D eigenvalue weighted by Gasteiger charge is 2.32. The van der Waals surface area contributed by atoms with Crippen molar-refractivity contribution in [2.75, 3.05) is 19.8 Å². The molecular formula is C16H19ClN2O4. The summed E-state index contributed by atoms with van der Waals surface area (Å²) in [6.45, 7) is 6.68. The first-order valence-electron chi connectivity index (χ1n) is 7.45. The molecule has 0 aliphatic carbocycles. The minimum atomic E-state index is -0.425. The zero-order valence-corrected chi connectivity index (χ0v) is 14.1. The van der Waals surface area contributed by atoms with Crippen LogP contribution >= 0.6 is 11.6 Å². The maximum atomic E-state index is 12.1. The van der Waals surface area contributed by atoms with Crippen LogP contribution in [-0.4, -0.2) is 36.6 Å². The van der Waals surface area contributed by atoms with Gasteiger partial charge in [-0.15, -0.1) is 0 Å². The Morgan fingerprint density at radius 1 is 1.17 bits per heavy atom. The molecule has 1 N–H and O–H groups in total. The van der Waals surface area contributed by atoms with E-state index in [1.54, 1.807) is 25.1 Å². The lowest BCUT2D eigenvalue weighted by molar-refractivity contribution is -0.122. The fraction of sp³-hybridized carbons (Fsp3) is 0.375. The van der Waals surface area contributed by atoms with Crippen LogP contribution in [0.25, 0.3) is 6.08 Å². The van der Waals surface area contributed by atoms with Crippen molar-refractivity contribution in [3.63, 3.8) is 0 Å². The van der Waals surface area contributed by atoms with Crippen LogP contribution in [0.4, 0.5) is 4.79 Å². The number of carbonyl (C=O) groups excluding carboxylic acids is 2. The summed E-state index contributed by atoms with van der Waals surface area (Å²) in [6, 6.07) is 2.96. The number of benzene rings is 1. The molecule has 0 bridgehead atoms. The number of hydrogen-bond donors (Lipinski definition) is 1. The highest BCUT2D eigenvalue weighted by atomic mass is 35.5. The van der Waals surface area contributed by atoms with Crippen LogP contribution in [0.3, 0.4) is 0 Å². The van der Waals surface area contributed by atoms with Crippen LogP contribution in [0.5, 0.6) is 11.5 Å². The maximum absolute atomic E-state index is 12.1. The Kier molecular flexibility index (Phi) is 5.50. The lowest BCUT2D eigenvalue weighted by Gasteiger charge is -2.13. The van der Waals surface area contributed by atoms with E-state index in [1.807, 2.05) is 13.8 Å². The fourth-order valence-electron chi connectivity index (χ4n) is 2.24. The number of ether oxygens (including phenoxy) is 2. The van der Waals surface area contributed by atoms with Crippen molar-refractivity contribution in [1.29, 1.82) is 0 Å². The van der Waals surface area contributed by atoms with Crippen molar-refractivity contribution in [3.8, 4) is 11.5 Å². The Morgan fingerprint density at radius 2 is 1.87 bits per heavy atom. The van der Waals surface area contributed by atoms with Crippen LogP contribution < -0.4 is 14.8 Å². The first-order valence-corrected chi connectivity index (χ1v) is 7.83. The molecule has 3 amide bonds. The number of nitrogens with zero attached hydrogens (tertiary/aromatic N) is 1. The summed E-state index contributed by atoms with van der Waals surface area (Å²) < 4.78 is 11.0. The molecule has 7 heteroatoms. The minimum Gasteiger partial charge on any atom is -0.490 e. The van der Waals surface area contributed by atoms with Gasteiger partial charge in [0.25, 0.3) is 5.91 Å². The number of amides is 3. The molecule has 0 atom stereocenters. The van der Waals surface area contributed by atoms with Gasteiger partial charge in [0.1, 0.15) is 5.70 Å². The summed E-state index contributed by atoms with van der Waals surface area (Å²) in [5, 5.41) is 2.93. The topological polar surface area (TPSA) is 67.9 Å². The van der Waals surface area contributed by atoms with Crippen molar-refractivity contribution in [2.24, 2.45) is 0 Å². The summed E-state index contributed by atoms with van der Waals surface area (Å²) in [5.41, 5.74) is 0.850. The Bertz CT molecular complexity index is 658. The Hall–Kier alpha value is -2.21. The molecule has 6 nitrogen and oxygen atoms in total. The third kappa shape index (κ3) is 3.59. The van der Waals surface area contributed by atoms with E-state index in [0.717, 1.165) is 4.90 Å². The predicted octanol–water partition coefficient (Wildman–Crippen LogP) is 3.05. The Balaban J connectivity index is 2.39. The van der Waals surface area contributed by atoms with Gasteiger partial charge in [-0.1, -0.05) is 11.6 Å². The zero-order chi connectivity index (χ0) is 17.0. The molecule has 23 heavy (non-hydrogen) atoms. The van der Waals surface area contributed by atoms with Gasteiger partial charge in [0, 0.05) is 6.54 Å². The first-order chi connectivity index (χ1) is 11.0. The number of urea groups is 1. The average Bonchev–Trinajstić information content (AvgIpc) is 2.77. The second-order valence-electron chi connectivity index (χ2n) is 4.73. The molecule has 0 saturated carbocycles. The van der Waals surface area contributed by atoms with E-state index >= 15 is 0 Å². The van der Waals surface area contributed by atoms with Crippen LogP contribution in [0.15, 0.2) is 17.8 Å². The lowest BCUT2D eigenvalue weighted by atomic mass is 10.1. The van der Waals surface area contributed by atoms with E-state index in [-0.39, 0.29) is 11.6 Å². The van der Waals surface area contributed by atoms with Gasteiger partial charge in [-0.25, -0.2) is 4.79 Å². The molecule has 1 saturated heterocycles. The van der Waals surface area contributed by atoms with Crippen molar-refractivity contribution in [3.05, 3.63) is 28.4 Å². The molecular weight excluding hydrogens is 320 g/mol. The number of nitrogens with one attached hydrogen (secondary N) is 1. The zero-order valence-electron chi connectivity index (χ0n) is 13.3. The van der Waals surface area contributed by atoms with Gasteiger partial charge in [-0.3, -0.25) is 9.69 Å². The lowest BCUT2D eigenvalue weighted by Crippen LogP contribution is -2.30. The van der Waals surface area contributed by atoms with Gasteiger partial charge >= 0.3 is 6.03 Å².